The monoisotopic (exact) mass is 255 g/mol. The molecule has 2 aromatic rings. The van der Waals surface area contributed by atoms with Gasteiger partial charge >= 0.3 is 0 Å². The van der Waals surface area contributed by atoms with Gasteiger partial charge in [-0.1, -0.05) is 23.7 Å². The van der Waals surface area contributed by atoms with Crippen molar-refractivity contribution in [2.24, 2.45) is 4.36 Å². The highest BCUT2D eigenvalue weighted by molar-refractivity contribution is 7.47. The second kappa shape index (κ2) is 4.67. The lowest BCUT2D eigenvalue weighted by Gasteiger charge is -2.04. The van der Waals surface area contributed by atoms with Crippen molar-refractivity contribution >= 4 is 29.8 Å². The largest absolute Gasteiger partial charge is 0.266 e. The van der Waals surface area contributed by atoms with Crippen LogP contribution >= 0.6 is 11.6 Å². The Bertz CT molecular complexity index is 527. The molecule has 3 nitrogen and oxygen atoms in total. The van der Waals surface area contributed by atoms with E-state index in [0.717, 1.165) is 0 Å². The lowest BCUT2D eigenvalue weighted by Crippen LogP contribution is -2.02. The molecule has 0 bridgehead atoms. The van der Waals surface area contributed by atoms with Crippen LogP contribution in [0.5, 0.6) is 0 Å². The van der Waals surface area contributed by atoms with Crippen LogP contribution in [-0.2, 0) is 19.0 Å². The molecule has 0 aliphatic carbocycles. The molecule has 0 atom stereocenters. The molecule has 0 aliphatic rings. The smallest absolute Gasteiger partial charge is 0.187 e. The molecule has 82 valence electrons. The zero-order valence-electron chi connectivity index (χ0n) is 8.10. The van der Waals surface area contributed by atoms with Crippen LogP contribution in [0.4, 0.5) is 10.2 Å². The third-order valence-corrected chi connectivity index (χ3v) is 2.56. The van der Waals surface area contributed by atoms with Crippen molar-refractivity contribution in [3.63, 3.8) is 0 Å². The van der Waals surface area contributed by atoms with Gasteiger partial charge in [-0.25, -0.2) is 4.39 Å². The van der Waals surface area contributed by atoms with Gasteiger partial charge in [0.25, 0.3) is 0 Å². The first kappa shape index (κ1) is 11.2. The van der Waals surface area contributed by atoms with E-state index >= 15 is 0 Å². The van der Waals surface area contributed by atoms with E-state index in [2.05, 4.69) is 21.9 Å². The van der Waals surface area contributed by atoms with Crippen LogP contribution in [0.1, 0.15) is 5.56 Å². The molecule has 0 radical (unpaired) electrons. The number of benzene rings is 1. The van der Waals surface area contributed by atoms with Gasteiger partial charge in [-0.2, -0.15) is 9.46 Å². The molecule has 1 aromatic carbocycles. The van der Waals surface area contributed by atoms with E-state index in [4.69, 9.17) is 11.6 Å². The molecule has 1 heterocycles. The van der Waals surface area contributed by atoms with Gasteiger partial charge in [-0.15, -0.1) is 0 Å². The Kier molecular flexibility index (Phi) is 3.26. The lowest BCUT2D eigenvalue weighted by molar-refractivity contribution is 0.586. The van der Waals surface area contributed by atoms with Crippen molar-refractivity contribution in [2.45, 2.75) is 6.54 Å². The van der Waals surface area contributed by atoms with Crippen LogP contribution in [0.3, 0.4) is 0 Å². The van der Waals surface area contributed by atoms with Crippen LogP contribution in [0.2, 0.25) is 5.02 Å². The highest BCUT2D eigenvalue weighted by atomic mass is 35.5. The molecular weight excluding hydrogens is 249 g/mol. The average Bonchev–Trinajstić information content (AvgIpc) is 2.73. The summed E-state index contributed by atoms with van der Waals surface area (Å²) in [7, 11) is 0. The molecule has 1 aromatic heterocycles. The van der Waals surface area contributed by atoms with Crippen molar-refractivity contribution in [3.8, 4) is 0 Å². The fourth-order valence-corrected chi connectivity index (χ4v) is 1.62. The van der Waals surface area contributed by atoms with E-state index in [1.54, 1.807) is 29.1 Å². The van der Waals surface area contributed by atoms with Gasteiger partial charge in [0.1, 0.15) is 5.82 Å². The SMILES string of the molecule is Fc1c(Cl)cccc1Cn1ccc(N=S)n1. The predicted octanol–water partition coefficient (Wildman–Crippen LogP) is 3.09. The minimum Gasteiger partial charge on any atom is -0.266 e. The first-order chi connectivity index (χ1) is 7.70. The van der Waals surface area contributed by atoms with Gasteiger partial charge in [0.15, 0.2) is 5.82 Å². The summed E-state index contributed by atoms with van der Waals surface area (Å²) < 4.78 is 18.6. The van der Waals surface area contributed by atoms with E-state index in [-0.39, 0.29) is 5.02 Å². The van der Waals surface area contributed by atoms with Gasteiger partial charge in [0.2, 0.25) is 0 Å². The van der Waals surface area contributed by atoms with Gasteiger partial charge in [-0.3, -0.25) is 4.68 Å². The maximum atomic E-state index is 13.6. The minimum atomic E-state index is -0.420. The zero-order valence-corrected chi connectivity index (χ0v) is 9.67. The number of hydrogen-bond donors (Lipinski definition) is 0. The van der Waals surface area contributed by atoms with Gasteiger partial charge in [0.05, 0.1) is 11.6 Å². The van der Waals surface area contributed by atoms with Crippen LogP contribution < -0.4 is 0 Å². The van der Waals surface area contributed by atoms with Crippen molar-refractivity contribution in [1.82, 2.24) is 9.78 Å². The number of nitrogens with zero attached hydrogens (tertiary/aromatic N) is 3. The van der Waals surface area contributed by atoms with Gasteiger partial charge in [-0.05, 0) is 6.07 Å². The normalized spacial score (nSPS) is 10.4. The number of hydrogen-bond acceptors (Lipinski definition) is 3. The highest BCUT2D eigenvalue weighted by Crippen LogP contribution is 2.19. The predicted molar refractivity (Wildman–Crippen MR) is 62.2 cm³/mol. The summed E-state index contributed by atoms with van der Waals surface area (Å²) >= 11 is 10.2. The summed E-state index contributed by atoms with van der Waals surface area (Å²) in [4.78, 5) is 0. The van der Waals surface area contributed by atoms with Gasteiger partial charge in [0, 0.05) is 30.3 Å². The average molecular weight is 256 g/mol. The minimum absolute atomic E-state index is 0.109. The van der Waals surface area contributed by atoms with E-state index in [0.29, 0.717) is 17.9 Å². The molecule has 0 saturated heterocycles. The van der Waals surface area contributed by atoms with Crippen molar-refractivity contribution in [2.75, 3.05) is 0 Å². The fourth-order valence-electron chi connectivity index (χ4n) is 1.33. The van der Waals surface area contributed by atoms with Crippen LogP contribution in [-0.4, -0.2) is 9.78 Å². The first-order valence-corrected chi connectivity index (χ1v) is 5.24. The third-order valence-electron chi connectivity index (χ3n) is 2.08. The molecule has 16 heavy (non-hydrogen) atoms. The van der Waals surface area contributed by atoms with E-state index in [1.807, 2.05) is 0 Å². The summed E-state index contributed by atoms with van der Waals surface area (Å²) in [5.41, 5.74) is 0.478. The summed E-state index contributed by atoms with van der Waals surface area (Å²) in [6.45, 7) is 0.303. The highest BCUT2D eigenvalue weighted by Gasteiger charge is 2.07. The molecule has 0 saturated carbocycles. The van der Waals surface area contributed by atoms with Crippen LogP contribution in [0.25, 0.3) is 0 Å². The standard InChI is InChI=1S/C10H7ClFN3S/c11-8-3-1-2-7(10(8)12)6-15-5-4-9(13-15)14-16/h1-5H,6H2. The summed E-state index contributed by atoms with van der Waals surface area (Å²) in [6, 6.07) is 6.53. The molecule has 6 heteroatoms. The molecule has 0 aliphatic heterocycles. The molecular formula is C10H7ClFN3S. The van der Waals surface area contributed by atoms with Crippen LogP contribution in [0.15, 0.2) is 34.8 Å². The summed E-state index contributed by atoms with van der Waals surface area (Å²) in [5, 5.41) is 4.14. The van der Waals surface area contributed by atoms with Crippen molar-refractivity contribution in [1.29, 1.82) is 0 Å². The maximum Gasteiger partial charge on any atom is 0.187 e. The molecule has 0 N–H and O–H groups in total. The molecule has 0 fully saturated rings. The van der Waals surface area contributed by atoms with E-state index in [1.165, 1.54) is 6.07 Å². The third kappa shape index (κ3) is 2.25. The zero-order chi connectivity index (χ0) is 11.5. The molecule has 0 unspecified atom stereocenters. The molecule has 0 amide bonds. The molecule has 2 rings (SSSR count). The van der Waals surface area contributed by atoms with Crippen molar-refractivity contribution in [3.05, 3.63) is 46.9 Å². The first-order valence-electron chi connectivity index (χ1n) is 4.50. The van der Waals surface area contributed by atoms with Crippen molar-refractivity contribution < 1.29 is 4.39 Å². The Morgan fingerprint density at radius 1 is 1.44 bits per heavy atom. The Morgan fingerprint density at radius 2 is 2.25 bits per heavy atom. The Morgan fingerprint density at radius 3 is 2.94 bits per heavy atom. The fraction of sp³-hybridized carbons (Fsp3) is 0.100. The van der Waals surface area contributed by atoms with E-state index < -0.39 is 5.82 Å². The van der Waals surface area contributed by atoms with Gasteiger partial charge < -0.3 is 0 Å². The second-order valence-electron chi connectivity index (χ2n) is 3.18. The molecule has 0 spiro atoms. The Labute approximate surface area is 102 Å². The summed E-state index contributed by atoms with van der Waals surface area (Å²) in [5.74, 6) is 0.0222. The topological polar surface area (TPSA) is 30.2 Å². The lowest BCUT2D eigenvalue weighted by atomic mass is 10.2. The maximum absolute atomic E-state index is 13.6. The summed E-state index contributed by atoms with van der Waals surface area (Å²) in [6.07, 6.45) is 1.69. The van der Waals surface area contributed by atoms with E-state index in [9.17, 15) is 4.39 Å². The van der Waals surface area contributed by atoms with Crippen LogP contribution in [0, 0.1) is 5.82 Å². The quantitative estimate of drug-likeness (QED) is 0.844. The number of halogens is 2. The number of aromatic nitrogens is 2. The number of rotatable bonds is 3. The Hall–Kier alpha value is -1.33. The second-order valence-corrected chi connectivity index (χ2v) is 3.77. The Balaban J connectivity index is 2.26.